The van der Waals surface area contributed by atoms with Crippen LogP contribution in [0.15, 0.2) is 89.8 Å². The van der Waals surface area contributed by atoms with Gasteiger partial charge in [0.25, 0.3) is 0 Å². The minimum absolute atomic E-state index is 0.00365. The number of nitrogens with zero attached hydrogens (tertiary/aromatic N) is 1. The van der Waals surface area contributed by atoms with Gasteiger partial charge in [0.15, 0.2) is 0 Å². The summed E-state index contributed by atoms with van der Waals surface area (Å²) < 4.78 is 32.9. The summed E-state index contributed by atoms with van der Waals surface area (Å²) in [6, 6.07) is 24.5. The molecule has 168 valence electrons. The van der Waals surface area contributed by atoms with E-state index in [2.05, 4.69) is 5.32 Å². The summed E-state index contributed by atoms with van der Waals surface area (Å²) >= 11 is 0. The van der Waals surface area contributed by atoms with Crippen LogP contribution in [-0.4, -0.2) is 39.3 Å². The third kappa shape index (κ3) is 5.96. The monoisotopic (exact) mass is 452 g/mol. The highest BCUT2D eigenvalue weighted by Gasteiger charge is 2.30. The number of benzene rings is 3. The van der Waals surface area contributed by atoms with E-state index in [0.29, 0.717) is 24.3 Å². The molecule has 32 heavy (non-hydrogen) atoms. The Kier molecular flexibility index (Phi) is 8.03. The van der Waals surface area contributed by atoms with Crippen LogP contribution in [0.5, 0.6) is 5.75 Å². The first-order valence-electron chi connectivity index (χ1n) is 10.4. The van der Waals surface area contributed by atoms with E-state index >= 15 is 0 Å². The largest absolute Gasteiger partial charge is 0.497 e. The fraction of sp³-hybridized carbons (Fsp3) is 0.240. The zero-order valence-electron chi connectivity index (χ0n) is 18.3. The molecule has 7 heteroatoms. The van der Waals surface area contributed by atoms with Gasteiger partial charge in [-0.15, -0.1) is 0 Å². The maximum absolute atomic E-state index is 13.2. The molecule has 0 aliphatic heterocycles. The first-order valence-corrected chi connectivity index (χ1v) is 11.8. The van der Waals surface area contributed by atoms with Crippen molar-refractivity contribution in [2.45, 2.75) is 23.8 Å². The van der Waals surface area contributed by atoms with Gasteiger partial charge in [0.1, 0.15) is 5.75 Å². The summed E-state index contributed by atoms with van der Waals surface area (Å²) in [6.07, 6.45) is 0.710. The maximum Gasteiger partial charge on any atom is 0.243 e. The second kappa shape index (κ2) is 10.9. The highest BCUT2D eigenvalue weighted by atomic mass is 32.2. The molecule has 0 fully saturated rings. The summed E-state index contributed by atoms with van der Waals surface area (Å²) in [6.45, 7) is 0.479. The van der Waals surface area contributed by atoms with E-state index in [1.165, 1.54) is 11.4 Å². The van der Waals surface area contributed by atoms with Gasteiger partial charge < -0.3 is 10.1 Å². The van der Waals surface area contributed by atoms with Gasteiger partial charge in [-0.05, 0) is 41.8 Å². The van der Waals surface area contributed by atoms with Gasteiger partial charge in [-0.1, -0.05) is 60.7 Å². The Morgan fingerprint density at radius 2 is 1.53 bits per heavy atom. The van der Waals surface area contributed by atoms with Crippen LogP contribution in [0.4, 0.5) is 0 Å². The zero-order chi connectivity index (χ0) is 23.0. The van der Waals surface area contributed by atoms with Crippen molar-refractivity contribution in [3.8, 4) is 5.75 Å². The molecule has 0 unspecified atom stereocenters. The van der Waals surface area contributed by atoms with Crippen molar-refractivity contribution in [2.75, 3.05) is 20.7 Å². The molecule has 6 nitrogen and oxygen atoms in total. The number of hydrogen-bond acceptors (Lipinski definition) is 4. The number of ether oxygens (including phenoxy) is 1. The summed E-state index contributed by atoms with van der Waals surface area (Å²) in [5.41, 5.74) is 1.84. The molecule has 3 aromatic rings. The second-order valence-electron chi connectivity index (χ2n) is 7.41. The highest BCUT2D eigenvalue weighted by Crippen LogP contribution is 2.30. The number of carbonyl (C=O) groups is 1. The van der Waals surface area contributed by atoms with Crippen LogP contribution in [0, 0.1) is 0 Å². The van der Waals surface area contributed by atoms with Gasteiger partial charge in [-0.25, -0.2) is 8.42 Å². The number of amides is 1. The van der Waals surface area contributed by atoms with Gasteiger partial charge in [-0.3, -0.25) is 4.79 Å². The average Bonchev–Trinajstić information content (AvgIpc) is 2.83. The molecule has 0 aromatic heterocycles. The smallest absolute Gasteiger partial charge is 0.243 e. The maximum atomic E-state index is 13.2. The lowest BCUT2D eigenvalue weighted by Gasteiger charge is -2.28. The predicted octanol–water partition coefficient (Wildman–Crippen LogP) is 3.81. The molecular formula is C25H28N2O4S. The molecular weight excluding hydrogens is 424 g/mol. The van der Waals surface area contributed by atoms with Crippen LogP contribution in [0.3, 0.4) is 0 Å². The first-order chi connectivity index (χ1) is 15.4. The zero-order valence-corrected chi connectivity index (χ0v) is 19.1. The van der Waals surface area contributed by atoms with Gasteiger partial charge in [0, 0.05) is 20.0 Å². The molecule has 3 rings (SSSR count). The Labute approximate surface area is 189 Å². The van der Waals surface area contributed by atoms with Gasteiger partial charge in [0.2, 0.25) is 15.9 Å². The van der Waals surface area contributed by atoms with Gasteiger partial charge >= 0.3 is 0 Å². The molecule has 3 aromatic carbocycles. The van der Waals surface area contributed by atoms with Gasteiger partial charge in [-0.2, -0.15) is 4.31 Å². The molecule has 0 saturated heterocycles. The number of sulfonamides is 1. The van der Waals surface area contributed by atoms with Crippen LogP contribution in [0.1, 0.15) is 23.6 Å². The van der Waals surface area contributed by atoms with E-state index in [1.807, 2.05) is 30.3 Å². The molecule has 1 amide bonds. The number of rotatable bonds is 10. The molecule has 0 bridgehead atoms. The van der Waals surface area contributed by atoms with Crippen molar-refractivity contribution in [1.82, 2.24) is 9.62 Å². The van der Waals surface area contributed by atoms with Crippen molar-refractivity contribution in [1.29, 1.82) is 0 Å². The summed E-state index contributed by atoms with van der Waals surface area (Å²) in [7, 11) is -0.713. The predicted molar refractivity (Wildman–Crippen MR) is 125 cm³/mol. The van der Waals surface area contributed by atoms with Crippen LogP contribution in [-0.2, 0) is 21.2 Å². The summed E-state index contributed by atoms with van der Waals surface area (Å²) in [5.74, 6) is 0.449. The van der Waals surface area contributed by atoms with Crippen LogP contribution >= 0.6 is 0 Å². The lowest BCUT2D eigenvalue weighted by atomic mass is 10.0. The van der Waals surface area contributed by atoms with Crippen molar-refractivity contribution < 1.29 is 17.9 Å². The molecule has 0 aliphatic carbocycles. The topological polar surface area (TPSA) is 75.7 Å². The van der Waals surface area contributed by atoms with Crippen molar-refractivity contribution in [3.63, 3.8) is 0 Å². The molecule has 0 spiro atoms. The van der Waals surface area contributed by atoms with Crippen molar-refractivity contribution in [3.05, 3.63) is 96.1 Å². The molecule has 0 aliphatic rings. The molecule has 0 radical (unpaired) electrons. The van der Waals surface area contributed by atoms with E-state index in [4.69, 9.17) is 4.74 Å². The quantitative estimate of drug-likeness (QED) is 0.508. The lowest BCUT2D eigenvalue weighted by molar-refractivity contribution is -0.121. The van der Waals surface area contributed by atoms with Crippen molar-refractivity contribution >= 4 is 15.9 Å². The molecule has 1 N–H and O–H groups in total. The third-order valence-electron chi connectivity index (χ3n) is 5.32. The van der Waals surface area contributed by atoms with Crippen LogP contribution in [0.2, 0.25) is 0 Å². The SMILES string of the molecule is COc1ccc([C@@H](CC(=O)NCCc2ccccc2)N(C)S(=O)(=O)c2ccccc2)cc1. The molecule has 0 saturated carbocycles. The Hall–Kier alpha value is -3.16. The van der Waals surface area contributed by atoms with Gasteiger partial charge in [0.05, 0.1) is 18.0 Å². The van der Waals surface area contributed by atoms with E-state index in [1.54, 1.807) is 61.7 Å². The molecule has 0 heterocycles. The minimum atomic E-state index is -3.79. The highest BCUT2D eigenvalue weighted by molar-refractivity contribution is 7.89. The van der Waals surface area contributed by atoms with E-state index in [9.17, 15) is 13.2 Å². The first kappa shape index (κ1) is 23.5. The average molecular weight is 453 g/mol. The minimum Gasteiger partial charge on any atom is -0.497 e. The Morgan fingerprint density at radius 3 is 2.12 bits per heavy atom. The van der Waals surface area contributed by atoms with E-state index in [-0.39, 0.29) is 17.2 Å². The van der Waals surface area contributed by atoms with E-state index < -0.39 is 16.1 Å². The number of nitrogens with one attached hydrogen (secondary N) is 1. The van der Waals surface area contributed by atoms with E-state index in [0.717, 1.165) is 5.56 Å². The van der Waals surface area contributed by atoms with Crippen LogP contribution < -0.4 is 10.1 Å². The second-order valence-corrected chi connectivity index (χ2v) is 9.41. The van der Waals surface area contributed by atoms with Crippen molar-refractivity contribution in [2.24, 2.45) is 0 Å². The standard InChI is InChI=1S/C25H28N2O4S/c1-27(32(29,30)23-11-7-4-8-12-23)24(21-13-15-22(31-2)16-14-21)19-25(28)26-18-17-20-9-5-3-6-10-20/h3-16,24H,17-19H2,1-2H3,(H,26,28)/t24-/m1/s1. The Morgan fingerprint density at radius 1 is 0.938 bits per heavy atom. The number of hydrogen-bond donors (Lipinski definition) is 1. The van der Waals surface area contributed by atoms with Crippen LogP contribution in [0.25, 0.3) is 0 Å². The lowest BCUT2D eigenvalue weighted by Crippen LogP contribution is -2.36. The summed E-state index contributed by atoms with van der Waals surface area (Å²) in [5, 5.41) is 2.91. The number of methoxy groups -OCH3 is 1. The fourth-order valence-corrected chi connectivity index (χ4v) is 4.81. The molecule has 1 atom stereocenters. The Bertz CT molecular complexity index is 1100. The Balaban J connectivity index is 1.78. The summed E-state index contributed by atoms with van der Waals surface area (Å²) in [4.78, 5) is 12.9. The normalized spacial score (nSPS) is 12.3. The third-order valence-corrected chi connectivity index (χ3v) is 7.20. The number of carbonyl (C=O) groups excluding carboxylic acids is 1. The fourth-order valence-electron chi connectivity index (χ4n) is 3.45.